The summed E-state index contributed by atoms with van der Waals surface area (Å²) in [6.45, 7) is 0.727. The number of aryl methyl sites for hydroxylation is 1. The van der Waals surface area contributed by atoms with E-state index < -0.39 is 0 Å². The van der Waals surface area contributed by atoms with E-state index >= 15 is 0 Å². The minimum atomic E-state index is 0.219. The Morgan fingerprint density at radius 2 is 2.32 bits per heavy atom. The van der Waals surface area contributed by atoms with Gasteiger partial charge in [-0.3, -0.25) is 4.79 Å². The van der Waals surface area contributed by atoms with Gasteiger partial charge in [0.25, 0.3) is 5.78 Å². The van der Waals surface area contributed by atoms with E-state index in [4.69, 9.17) is 0 Å². The third kappa shape index (κ3) is 2.72. The first kappa shape index (κ1) is 12.1. The van der Waals surface area contributed by atoms with E-state index in [2.05, 4.69) is 20.4 Å². The monoisotopic (exact) mass is 259 g/mol. The van der Waals surface area contributed by atoms with Gasteiger partial charge in [-0.15, -0.1) is 0 Å². The molecule has 0 bridgehead atoms. The van der Waals surface area contributed by atoms with Crippen molar-refractivity contribution in [1.29, 1.82) is 0 Å². The number of hydrogen-bond donors (Lipinski definition) is 1. The maximum absolute atomic E-state index is 11.6. The number of rotatable bonds is 5. The molecule has 0 aliphatic heterocycles. The number of aromatic nitrogens is 4. The summed E-state index contributed by atoms with van der Waals surface area (Å²) in [6, 6.07) is 0. The molecule has 3 rings (SSSR count). The summed E-state index contributed by atoms with van der Waals surface area (Å²) in [6.07, 6.45) is 10.3. The average Bonchev–Trinajstić information content (AvgIpc) is 2.79. The van der Waals surface area contributed by atoms with Gasteiger partial charge < -0.3 is 5.32 Å². The Hall–Kier alpha value is -1.98. The quantitative estimate of drug-likeness (QED) is 0.812. The lowest BCUT2D eigenvalue weighted by Gasteiger charge is -2.23. The first-order valence-corrected chi connectivity index (χ1v) is 6.75. The largest absolute Gasteiger partial charge is 0.356 e. The van der Waals surface area contributed by atoms with Crippen LogP contribution in [-0.4, -0.2) is 32.0 Å². The maximum Gasteiger partial charge on any atom is 0.252 e. The minimum absolute atomic E-state index is 0.219. The number of carbonyl (C=O) groups excluding carboxylic acids is 1. The van der Waals surface area contributed by atoms with Gasteiger partial charge in [-0.05, 0) is 31.2 Å². The summed E-state index contributed by atoms with van der Waals surface area (Å²) < 4.78 is 1.67. The van der Waals surface area contributed by atoms with Gasteiger partial charge in [0.2, 0.25) is 5.91 Å². The molecule has 2 aromatic heterocycles. The predicted molar refractivity (Wildman–Crippen MR) is 69.5 cm³/mol. The first-order valence-electron chi connectivity index (χ1n) is 6.75. The fourth-order valence-electron chi connectivity index (χ4n) is 2.21. The van der Waals surface area contributed by atoms with Gasteiger partial charge in [0, 0.05) is 24.9 Å². The Balaban J connectivity index is 1.45. The second-order valence-corrected chi connectivity index (χ2v) is 4.99. The molecule has 1 amide bonds. The number of nitrogens with one attached hydrogen (secondary N) is 1. The van der Waals surface area contributed by atoms with E-state index in [-0.39, 0.29) is 11.8 Å². The molecule has 1 aliphatic rings. The van der Waals surface area contributed by atoms with Gasteiger partial charge >= 0.3 is 0 Å². The van der Waals surface area contributed by atoms with Crippen LogP contribution < -0.4 is 5.32 Å². The normalized spacial score (nSPS) is 15.4. The molecule has 2 heterocycles. The Kier molecular flexibility index (Phi) is 3.39. The van der Waals surface area contributed by atoms with Crippen LogP contribution in [0.1, 0.15) is 31.2 Å². The van der Waals surface area contributed by atoms with Crippen molar-refractivity contribution in [2.24, 2.45) is 5.92 Å². The molecule has 6 heteroatoms. The van der Waals surface area contributed by atoms with Gasteiger partial charge in [-0.2, -0.15) is 10.1 Å². The molecule has 19 heavy (non-hydrogen) atoms. The van der Waals surface area contributed by atoms with Crippen molar-refractivity contribution in [3.8, 4) is 0 Å². The number of nitrogens with zero attached hydrogens (tertiary/aromatic N) is 4. The molecule has 1 N–H and O–H groups in total. The van der Waals surface area contributed by atoms with Crippen molar-refractivity contribution in [3.63, 3.8) is 0 Å². The molecule has 0 spiro atoms. The Morgan fingerprint density at radius 3 is 3.11 bits per heavy atom. The van der Waals surface area contributed by atoms with Crippen LogP contribution in [0.15, 0.2) is 18.7 Å². The van der Waals surface area contributed by atoms with Crippen LogP contribution in [0.4, 0.5) is 0 Å². The van der Waals surface area contributed by atoms with Crippen LogP contribution >= 0.6 is 0 Å². The molecule has 6 nitrogen and oxygen atoms in total. The summed E-state index contributed by atoms with van der Waals surface area (Å²) in [7, 11) is 0. The lowest BCUT2D eigenvalue weighted by atomic mass is 9.85. The summed E-state index contributed by atoms with van der Waals surface area (Å²) in [4.78, 5) is 19.8. The lowest BCUT2D eigenvalue weighted by Crippen LogP contribution is -2.35. The molecule has 1 aliphatic carbocycles. The van der Waals surface area contributed by atoms with E-state index in [1.165, 1.54) is 12.7 Å². The predicted octanol–water partition coefficient (Wildman–Crippen LogP) is 0.973. The zero-order valence-electron chi connectivity index (χ0n) is 10.7. The Bertz CT molecular complexity index is 575. The molecule has 0 saturated heterocycles. The highest BCUT2D eigenvalue weighted by Gasteiger charge is 2.24. The number of amides is 1. The summed E-state index contributed by atoms with van der Waals surface area (Å²) in [5.74, 6) is 1.10. The topological polar surface area (TPSA) is 72.2 Å². The molecule has 2 aromatic rings. The molecule has 0 radical (unpaired) electrons. The second-order valence-electron chi connectivity index (χ2n) is 4.99. The second kappa shape index (κ2) is 5.34. The van der Waals surface area contributed by atoms with Crippen molar-refractivity contribution in [1.82, 2.24) is 24.9 Å². The van der Waals surface area contributed by atoms with Gasteiger partial charge in [0.15, 0.2) is 0 Å². The molecule has 1 fully saturated rings. The average molecular weight is 259 g/mol. The maximum atomic E-state index is 11.6. The van der Waals surface area contributed by atoms with E-state index in [0.717, 1.165) is 37.8 Å². The highest BCUT2D eigenvalue weighted by Crippen LogP contribution is 2.26. The highest BCUT2D eigenvalue weighted by atomic mass is 16.1. The van der Waals surface area contributed by atoms with E-state index in [1.54, 1.807) is 4.52 Å². The van der Waals surface area contributed by atoms with Gasteiger partial charge in [-0.1, -0.05) is 6.42 Å². The fraction of sp³-hybridized carbons (Fsp3) is 0.538. The highest BCUT2D eigenvalue weighted by molar-refractivity contribution is 5.79. The van der Waals surface area contributed by atoms with Gasteiger partial charge in [0.05, 0.1) is 0 Å². The van der Waals surface area contributed by atoms with Gasteiger partial charge in [0.1, 0.15) is 6.33 Å². The van der Waals surface area contributed by atoms with Crippen molar-refractivity contribution < 1.29 is 4.79 Å². The van der Waals surface area contributed by atoms with Crippen LogP contribution in [0.3, 0.4) is 0 Å². The Morgan fingerprint density at radius 1 is 1.42 bits per heavy atom. The van der Waals surface area contributed by atoms with Crippen LogP contribution in [0.5, 0.6) is 0 Å². The van der Waals surface area contributed by atoms with Crippen molar-refractivity contribution in [2.75, 3.05) is 6.54 Å². The number of fused-ring (bicyclic) bond motifs is 1. The molecule has 0 atom stereocenters. The van der Waals surface area contributed by atoms with Crippen LogP contribution in [0.2, 0.25) is 0 Å². The van der Waals surface area contributed by atoms with Gasteiger partial charge in [-0.25, -0.2) is 9.50 Å². The SMILES string of the molecule is O=C(NCCCc1cnc2ncnn2c1)C1CCC1. The molecule has 100 valence electrons. The van der Waals surface area contributed by atoms with Crippen molar-refractivity contribution in [2.45, 2.75) is 32.1 Å². The smallest absolute Gasteiger partial charge is 0.252 e. The third-order valence-electron chi connectivity index (χ3n) is 3.61. The molecular weight excluding hydrogens is 242 g/mol. The molecule has 0 unspecified atom stereocenters. The van der Waals surface area contributed by atoms with Crippen molar-refractivity contribution >= 4 is 11.7 Å². The summed E-state index contributed by atoms with van der Waals surface area (Å²) in [5.41, 5.74) is 1.11. The molecule has 1 saturated carbocycles. The van der Waals surface area contributed by atoms with Crippen molar-refractivity contribution in [3.05, 3.63) is 24.3 Å². The zero-order chi connectivity index (χ0) is 13.1. The van der Waals surface area contributed by atoms with Crippen LogP contribution in [-0.2, 0) is 11.2 Å². The molecular formula is C13H17N5O. The van der Waals surface area contributed by atoms with E-state index in [1.807, 2.05) is 12.4 Å². The Labute approximate surface area is 111 Å². The first-order chi connectivity index (χ1) is 9.33. The van der Waals surface area contributed by atoms with E-state index in [9.17, 15) is 4.79 Å². The molecule has 0 aromatic carbocycles. The zero-order valence-corrected chi connectivity index (χ0v) is 10.7. The summed E-state index contributed by atoms with van der Waals surface area (Å²) in [5, 5.41) is 7.04. The van der Waals surface area contributed by atoms with E-state index in [0.29, 0.717) is 5.78 Å². The van der Waals surface area contributed by atoms with Crippen LogP contribution in [0, 0.1) is 5.92 Å². The van der Waals surface area contributed by atoms with Crippen LogP contribution in [0.25, 0.3) is 5.78 Å². The fourth-order valence-corrected chi connectivity index (χ4v) is 2.21. The minimum Gasteiger partial charge on any atom is -0.356 e. The lowest BCUT2D eigenvalue weighted by molar-refractivity contribution is -0.127. The third-order valence-corrected chi connectivity index (χ3v) is 3.61. The summed E-state index contributed by atoms with van der Waals surface area (Å²) >= 11 is 0. The number of hydrogen-bond acceptors (Lipinski definition) is 4. The standard InChI is InChI=1S/C13H17N5O/c19-12(11-4-1-5-11)14-6-2-3-10-7-15-13-16-9-17-18(13)8-10/h7-9,11H,1-6H2,(H,14,19). The number of carbonyl (C=O) groups is 1.